The summed E-state index contributed by atoms with van der Waals surface area (Å²) in [6, 6.07) is -0.995. The molecule has 46 heavy (non-hydrogen) atoms. The van der Waals surface area contributed by atoms with E-state index in [0.717, 1.165) is 38.5 Å². The molecule has 0 bridgehead atoms. The Labute approximate surface area is 285 Å². The highest BCUT2D eigenvalue weighted by atomic mass is 16.3. The quantitative estimate of drug-likeness (QED) is 0.0342. The van der Waals surface area contributed by atoms with Crippen molar-refractivity contribution in [3.8, 4) is 0 Å². The van der Waals surface area contributed by atoms with Gasteiger partial charge in [-0.2, -0.15) is 0 Å². The largest absolute Gasteiger partial charge is 0.394 e. The van der Waals surface area contributed by atoms with E-state index in [2.05, 4.69) is 31.3 Å². The van der Waals surface area contributed by atoms with Gasteiger partial charge in [-0.1, -0.05) is 180 Å². The van der Waals surface area contributed by atoms with Crippen LogP contribution in [0.3, 0.4) is 0 Å². The highest BCUT2D eigenvalue weighted by Gasteiger charge is 2.28. The van der Waals surface area contributed by atoms with Gasteiger partial charge in [0.1, 0.15) is 12.2 Å². The molecule has 0 fully saturated rings. The topological polar surface area (TPSA) is 110 Å². The number of amides is 1. The van der Waals surface area contributed by atoms with E-state index in [0.29, 0.717) is 12.8 Å². The number of aliphatic hydroxyl groups is 4. The molecule has 0 saturated heterocycles. The third-order valence-electron chi connectivity index (χ3n) is 9.48. The average Bonchev–Trinajstić information content (AvgIpc) is 3.06. The van der Waals surface area contributed by atoms with Crippen LogP contribution in [0.4, 0.5) is 0 Å². The minimum absolute atomic E-state index is 0.368. The van der Waals surface area contributed by atoms with Gasteiger partial charge in [-0.15, -0.1) is 0 Å². The van der Waals surface area contributed by atoms with Crippen LogP contribution >= 0.6 is 0 Å². The Kier molecular flexibility index (Phi) is 34.6. The van der Waals surface area contributed by atoms with E-state index in [1.165, 1.54) is 141 Å². The van der Waals surface area contributed by atoms with E-state index in [1.807, 2.05) is 0 Å². The minimum atomic E-state index is -1.28. The van der Waals surface area contributed by atoms with Crippen LogP contribution in [0.1, 0.15) is 206 Å². The van der Waals surface area contributed by atoms with Gasteiger partial charge in [-0.3, -0.25) is 4.79 Å². The molecule has 0 aliphatic carbocycles. The summed E-state index contributed by atoms with van der Waals surface area (Å²) in [4.78, 5) is 12.5. The summed E-state index contributed by atoms with van der Waals surface area (Å²) in [5.74, 6) is -0.592. The van der Waals surface area contributed by atoms with Crippen LogP contribution in [-0.4, -0.2) is 57.3 Å². The van der Waals surface area contributed by atoms with E-state index in [1.54, 1.807) is 0 Å². The number of nitrogens with one attached hydrogen (secondary N) is 1. The van der Waals surface area contributed by atoms with Gasteiger partial charge in [-0.05, 0) is 38.5 Å². The Balaban J connectivity index is 3.79. The summed E-state index contributed by atoms with van der Waals surface area (Å²) >= 11 is 0. The number of carbonyl (C=O) groups is 1. The third kappa shape index (κ3) is 29.2. The smallest absolute Gasteiger partial charge is 0.249 e. The molecule has 0 spiro atoms. The van der Waals surface area contributed by atoms with Crippen LogP contribution in [0.15, 0.2) is 12.2 Å². The van der Waals surface area contributed by atoms with Crippen LogP contribution < -0.4 is 5.32 Å². The fraction of sp³-hybridized carbons (Fsp3) is 0.925. The highest BCUT2D eigenvalue weighted by Crippen LogP contribution is 2.16. The van der Waals surface area contributed by atoms with E-state index in [4.69, 9.17) is 0 Å². The first-order chi connectivity index (χ1) is 22.5. The Morgan fingerprint density at radius 2 is 0.891 bits per heavy atom. The van der Waals surface area contributed by atoms with Crippen molar-refractivity contribution in [1.82, 2.24) is 5.32 Å². The number of hydrogen-bond acceptors (Lipinski definition) is 5. The second-order valence-electron chi connectivity index (χ2n) is 14.0. The van der Waals surface area contributed by atoms with Crippen molar-refractivity contribution in [3.63, 3.8) is 0 Å². The summed E-state index contributed by atoms with van der Waals surface area (Å²) in [6.45, 7) is 4.03. The van der Waals surface area contributed by atoms with Crippen molar-refractivity contribution < 1.29 is 25.2 Å². The number of allylic oxidation sites excluding steroid dienone is 2. The maximum atomic E-state index is 12.5. The van der Waals surface area contributed by atoms with Crippen molar-refractivity contribution in [1.29, 1.82) is 0 Å². The van der Waals surface area contributed by atoms with Crippen molar-refractivity contribution in [2.75, 3.05) is 6.61 Å². The van der Waals surface area contributed by atoms with Gasteiger partial charge < -0.3 is 25.7 Å². The van der Waals surface area contributed by atoms with Crippen molar-refractivity contribution >= 4 is 5.91 Å². The monoisotopic (exact) mass is 654 g/mol. The fourth-order valence-electron chi connectivity index (χ4n) is 6.23. The SMILES string of the molecule is CCCCCCCCCC/C=C/CCCC(O)C(O)C(CO)NC(=O)C(O)CCCCCCCCCCCCCCCCCCC. The zero-order valence-electron chi connectivity index (χ0n) is 30.6. The molecule has 0 aliphatic rings. The molecule has 274 valence electrons. The second-order valence-corrected chi connectivity index (χ2v) is 14.0. The average molecular weight is 654 g/mol. The van der Waals surface area contributed by atoms with E-state index < -0.39 is 36.9 Å². The summed E-state index contributed by atoms with van der Waals surface area (Å²) in [5, 5.41) is 43.5. The zero-order chi connectivity index (χ0) is 33.9. The maximum absolute atomic E-state index is 12.5. The van der Waals surface area contributed by atoms with Crippen LogP contribution in [0.2, 0.25) is 0 Å². The predicted molar refractivity (Wildman–Crippen MR) is 196 cm³/mol. The molecule has 0 rings (SSSR count). The zero-order valence-corrected chi connectivity index (χ0v) is 30.6. The highest BCUT2D eigenvalue weighted by molar-refractivity contribution is 5.80. The van der Waals surface area contributed by atoms with Crippen molar-refractivity contribution in [2.45, 2.75) is 231 Å². The van der Waals surface area contributed by atoms with Gasteiger partial charge in [-0.25, -0.2) is 0 Å². The first-order valence-corrected chi connectivity index (χ1v) is 20.1. The molecule has 0 aromatic carbocycles. The molecule has 0 aromatic heterocycles. The van der Waals surface area contributed by atoms with Crippen molar-refractivity contribution in [2.24, 2.45) is 0 Å². The Morgan fingerprint density at radius 1 is 0.522 bits per heavy atom. The van der Waals surface area contributed by atoms with Gasteiger partial charge in [0, 0.05) is 0 Å². The van der Waals surface area contributed by atoms with Crippen LogP contribution in [0.25, 0.3) is 0 Å². The normalized spacial score (nSPS) is 14.5. The predicted octanol–water partition coefficient (Wildman–Crippen LogP) is 9.85. The van der Waals surface area contributed by atoms with Gasteiger partial charge in [0.25, 0.3) is 0 Å². The molecule has 6 nitrogen and oxygen atoms in total. The van der Waals surface area contributed by atoms with Gasteiger partial charge in [0.15, 0.2) is 0 Å². The molecule has 0 saturated carbocycles. The van der Waals surface area contributed by atoms with Gasteiger partial charge in [0.2, 0.25) is 5.91 Å². The lowest BCUT2D eigenvalue weighted by atomic mass is 10.00. The molecule has 0 radical (unpaired) electrons. The van der Waals surface area contributed by atoms with Gasteiger partial charge >= 0.3 is 0 Å². The van der Waals surface area contributed by atoms with E-state index in [-0.39, 0.29) is 0 Å². The summed E-state index contributed by atoms with van der Waals surface area (Å²) < 4.78 is 0. The van der Waals surface area contributed by atoms with Crippen LogP contribution in [0, 0.1) is 0 Å². The van der Waals surface area contributed by atoms with Gasteiger partial charge in [0.05, 0.1) is 18.8 Å². The number of carbonyl (C=O) groups excluding carboxylic acids is 1. The molecule has 1 amide bonds. The molecule has 4 unspecified atom stereocenters. The first-order valence-electron chi connectivity index (χ1n) is 20.1. The van der Waals surface area contributed by atoms with Crippen molar-refractivity contribution in [3.05, 3.63) is 12.2 Å². The number of aliphatic hydroxyl groups excluding tert-OH is 4. The Hall–Kier alpha value is -0.950. The van der Waals surface area contributed by atoms with Crippen LogP contribution in [0.5, 0.6) is 0 Å². The maximum Gasteiger partial charge on any atom is 0.249 e. The third-order valence-corrected chi connectivity index (χ3v) is 9.48. The number of hydrogen-bond donors (Lipinski definition) is 5. The lowest BCUT2D eigenvalue weighted by Gasteiger charge is -2.27. The summed E-state index contributed by atoms with van der Waals surface area (Å²) in [5.41, 5.74) is 0. The molecule has 0 heterocycles. The molecular weight excluding hydrogens is 574 g/mol. The standard InChI is InChI=1S/C40H79NO5/c1-3-5-7-9-11-13-15-17-18-19-20-22-24-26-28-30-32-34-38(44)40(46)41-36(35-42)39(45)37(43)33-31-29-27-25-23-21-16-14-12-10-8-6-4-2/h25,27,36-39,42-45H,3-24,26,28-35H2,1-2H3,(H,41,46)/b27-25+. The lowest BCUT2D eigenvalue weighted by molar-refractivity contribution is -0.132. The minimum Gasteiger partial charge on any atom is -0.394 e. The Bertz CT molecular complexity index is 658. The molecule has 6 heteroatoms. The number of rotatable bonds is 36. The number of unbranched alkanes of at least 4 members (excludes halogenated alkanes) is 25. The van der Waals surface area contributed by atoms with Crippen LogP contribution in [-0.2, 0) is 4.79 Å². The molecular formula is C40H79NO5. The molecule has 0 aliphatic heterocycles. The molecule has 0 aromatic rings. The molecule has 4 atom stereocenters. The second kappa shape index (κ2) is 35.4. The lowest BCUT2D eigenvalue weighted by Crippen LogP contribution is -2.53. The first kappa shape index (κ1) is 45.0. The molecule has 5 N–H and O–H groups in total. The van der Waals surface area contributed by atoms with E-state index >= 15 is 0 Å². The van der Waals surface area contributed by atoms with E-state index in [9.17, 15) is 25.2 Å². The Morgan fingerprint density at radius 3 is 1.30 bits per heavy atom. The summed E-state index contributed by atoms with van der Waals surface area (Å²) in [6.07, 6.45) is 36.6. The summed E-state index contributed by atoms with van der Waals surface area (Å²) in [7, 11) is 0. The fourth-order valence-corrected chi connectivity index (χ4v) is 6.23.